The van der Waals surface area contributed by atoms with Crippen molar-refractivity contribution in [3.8, 4) is 6.07 Å². The van der Waals surface area contributed by atoms with Crippen molar-refractivity contribution in [2.45, 2.75) is 37.8 Å². The van der Waals surface area contributed by atoms with E-state index in [1.807, 2.05) is 29.8 Å². The molecule has 0 unspecified atom stereocenters. The molecule has 1 amide bonds. The average Bonchev–Trinajstić information content (AvgIpc) is 3.26. The van der Waals surface area contributed by atoms with Crippen LogP contribution in [0.5, 0.6) is 0 Å². The highest BCUT2D eigenvalue weighted by molar-refractivity contribution is 7.99. The number of thiophene rings is 1. The van der Waals surface area contributed by atoms with Gasteiger partial charge in [0.05, 0.1) is 11.3 Å². The molecule has 8 heteroatoms. The van der Waals surface area contributed by atoms with Gasteiger partial charge < -0.3 is 9.88 Å². The van der Waals surface area contributed by atoms with E-state index in [-0.39, 0.29) is 11.7 Å². The lowest BCUT2D eigenvalue weighted by Gasteiger charge is -2.17. The van der Waals surface area contributed by atoms with Crippen LogP contribution in [0.15, 0.2) is 35.5 Å². The predicted octanol–water partition coefficient (Wildman–Crippen LogP) is 4.19. The highest BCUT2D eigenvalue weighted by Gasteiger charge is 2.24. The Bertz CT molecular complexity index is 1100. The van der Waals surface area contributed by atoms with Crippen molar-refractivity contribution in [2.24, 2.45) is 13.0 Å². The van der Waals surface area contributed by atoms with Gasteiger partial charge in [0.1, 0.15) is 16.9 Å². The molecule has 1 aromatic carbocycles. The number of carbonyl (C=O) groups excluding carboxylic acids is 1. The molecule has 6 nitrogen and oxygen atoms in total. The Morgan fingerprint density at radius 1 is 1.37 bits per heavy atom. The first-order valence-electron chi connectivity index (χ1n) is 9.94. The van der Waals surface area contributed by atoms with Crippen molar-refractivity contribution in [1.82, 2.24) is 14.8 Å². The molecule has 0 bridgehead atoms. The zero-order chi connectivity index (χ0) is 21.1. The van der Waals surface area contributed by atoms with Gasteiger partial charge in [-0.15, -0.1) is 21.5 Å². The fraction of sp³-hybridized carbons (Fsp3) is 0.364. The number of benzene rings is 1. The summed E-state index contributed by atoms with van der Waals surface area (Å²) >= 11 is 2.91. The molecule has 1 atom stereocenters. The lowest BCUT2D eigenvalue weighted by Crippen LogP contribution is -2.14. The summed E-state index contributed by atoms with van der Waals surface area (Å²) in [6, 6.07) is 12.4. The van der Waals surface area contributed by atoms with Crippen LogP contribution in [0.4, 0.5) is 5.00 Å². The van der Waals surface area contributed by atoms with Crippen LogP contribution in [0, 0.1) is 17.2 Å². The second-order valence-electron chi connectivity index (χ2n) is 7.62. The van der Waals surface area contributed by atoms with Gasteiger partial charge in [-0.3, -0.25) is 4.79 Å². The number of anilines is 1. The SMILES string of the molecule is C[C@H]1CCc2c(sc(NC(=O)CSc3nnc(Cc4ccccc4)n3C)c2C#N)C1. The fourth-order valence-corrected chi connectivity index (χ4v) is 5.76. The Balaban J connectivity index is 1.39. The van der Waals surface area contributed by atoms with Crippen LogP contribution in [-0.4, -0.2) is 26.4 Å². The third kappa shape index (κ3) is 4.42. The van der Waals surface area contributed by atoms with Gasteiger partial charge in [-0.05, 0) is 36.3 Å². The van der Waals surface area contributed by atoms with Gasteiger partial charge in [-0.25, -0.2) is 0 Å². The molecule has 2 aromatic heterocycles. The van der Waals surface area contributed by atoms with Crippen LogP contribution >= 0.6 is 23.1 Å². The smallest absolute Gasteiger partial charge is 0.235 e. The largest absolute Gasteiger partial charge is 0.316 e. The maximum Gasteiger partial charge on any atom is 0.235 e. The highest BCUT2D eigenvalue weighted by atomic mass is 32.2. The van der Waals surface area contributed by atoms with Crippen molar-refractivity contribution in [3.63, 3.8) is 0 Å². The van der Waals surface area contributed by atoms with E-state index in [1.54, 1.807) is 11.3 Å². The van der Waals surface area contributed by atoms with Crippen molar-refractivity contribution in [2.75, 3.05) is 11.1 Å². The summed E-state index contributed by atoms with van der Waals surface area (Å²) in [5.74, 6) is 1.58. The van der Waals surface area contributed by atoms with E-state index < -0.39 is 0 Å². The first kappa shape index (κ1) is 20.6. The van der Waals surface area contributed by atoms with Crippen molar-refractivity contribution < 1.29 is 4.79 Å². The van der Waals surface area contributed by atoms with E-state index in [0.29, 0.717) is 28.1 Å². The lowest BCUT2D eigenvalue weighted by molar-refractivity contribution is -0.113. The van der Waals surface area contributed by atoms with Crippen LogP contribution < -0.4 is 5.32 Å². The second-order valence-corrected chi connectivity index (χ2v) is 9.67. The van der Waals surface area contributed by atoms with E-state index in [4.69, 9.17) is 0 Å². The predicted molar refractivity (Wildman–Crippen MR) is 120 cm³/mol. The number of rotatable bonds is 6. The monoisotopic (exact) mass is 437 g/mol. The Morgan fingerprint density at radius 3 is 2.93 bits per heavy atom. The van der Waals surface area contributed by atoms with E-state index >= 15 is 0 Å². The number of hydrogen-bond donors (Lipinski definition) is 1. The summed E-state index contributed by atoms with van der Waals surface area (Å²) in [7, 11) is 1.92. The number of fused-ring (bicyclic) bond motifs is 1. The number of nitriles is 1. The zero-order valence-corrected chi connectivity index (χ0v) is 18.6. The molecule has 30 heavy (non-hydrogen) atoms. The number of nitrogens with zero attached hydrogens (tertiary/aromatic N) is 4. The van der Waals surface area contributed by atoms with Gasteiger partial charge in [0.15, 0.2) is 5.16 Å². The van der Waals surface area contributed by atoms with Crippen LogP contribution in [0.3, 0.4) is 0 Å². The number of aromatic nitrogens is 3. The number of nitrogens with one attached hydrogen (secondary N) is 1. The first-order chi connectivity index (χ1) is 14.5. The molecule has 0 saturated heterocycles. The third-order valence-electron chi connectivity index (χ3n) is 5.34. The van der Waals surface area contributed by atoms with Crippen molar-refractivity contribution in [1.29, 1.82) is 5.26 Å². The van der Waals surface area contributed by atoms with E-state index in [0.717, 1.165) is 30.7 Å². The fourth-order valence-electron chi connectivity index (χ4n) is 3.65. The van der Waals surface area contributed by atoms with Gasteiger partial charge in [-0.2, -0.15) is 5.26 Å². The van der Waals surface area contributed by atoms with Gasteiger partial charge in [-0.1, -0.05) is 49.0 Å². The normalized spacial score (nSPS) is 15.4. The number of carbonyl (C=O) groups is 1. The first-order valence-corrected chi connectivity index (χ1v) is 11.7. The molecule has 4 rings (SSSR count). The van der Waals surface area contributed by atoms with Crippen molar-refractivity contribution in [3.05, 3.63) is 57.7 Å². The van der Waals surface area contributed by atoms with E-state index in [2.05, 4.69) is 40.6 Å². The second kappa shape index (κ2) is 9.02. The maximum atomic E-state index is 12.5. The number of thioether (sulfide) groups is 1. The van der Waals surface area contributed by atoms with Gasteiger partial charge in [0.2, 0.25) is 5.91 Å². The molecule has 0 aliphatic heterocycles. The van der Waals surface area contributed by atoms with Gasteiger partial charge >= 0.3 is 0 Å². The summed E-state index contributed by atoms with van der Waals surface area (Å²) in [6.45, 7) is 2.23. The Morgan fingerprint density at radius 2 is 2.17 bits per heavy atom. The topological polar surface area (TPSA) is 83.6 Å². The minimum Gasteiger partial charge on any atom is -0.316 e. The van der Waals surface area contributed by atoms with Gasteiger partial charge in [0.25, 0.3) is 0 Å². The van der Waals surface area contributed by atoms with Crippen LogP contribution in [0.2, 0.25) is 0 Å². The Labute approximate surface area is 184 Å². The number of amides is 1. The molecule has 3 aromatic rings. The minimum atomic E-state index is -0.129. The molecular weight excluding hydrogens is 414 g/mol. The molecule has 1 aliphatic rings. The third-order valence-corrected chi connectivity index (χ3v) is 7.53. The summed E-state index contributed by atoms with van der Waals surface area (Å²) in [4.78, 5) is 13.8. The van der Waals surface area contributed by atoms with Crippen LogP contribution in [0.1, 0.15) is 40.7 Å². The molecule has 154 valence electrons. The van der Waals surface area contributed by atoms with Crippen LogP contribution in [0.25, 0.3) is 0 Å². The molecule has 0 fully saturated rings. The van der Waals surface area contributed by atoms with Gasteiger partial charge in [0, 0.05) is 18.3 Å². The Kier molecular flexibility index (Phi) is 6.21. The van der Waals surface area contributed by atoms with E-state index in [1.165, 1.54) is 22.2 Å². The molecule has 1 N–H and O–H groups in total. The quantitative estimate of drug-likeness (QED) is 0.585. The molecule has 1 aliphatic carbocycles. The summed E-state index contributed by atoms with van der Waals surface area (Å²) in [5.41, 5.74) is 2.94. The van der Waals surface area contributed by atoms with Crippen molar-refractivity contribution >= 4 is 34.0 Å². The molecule has 0 saturated carbocycles. The Hall–Kier alpha value is -2.63. The summed E-state index contributed by atoms with van der Waals surface area (Å²) < 4.78 is 1.93. The average molecular weight is 438 g/mol. The number of hydrogen-bond acceptors (Lipinski definition) is 6. The van der Waals surface area contributed by atoms with E-state index in [9.17, 15) is 10.1 Å². The standard InChI is InChI=1S/C22H23N5OS2/c1-14-8-9-16-17(12-23)21(30-18(16)10-14)24-20(28)13-29-22-26-25-19(27(22)2)11-15-6-4-3-5-7-15/h3-7,14H,8-11,13H2,1-2H3,(H,24,28)/t14-/m0/s1. The summed E-state index contributed by atoms with van der Waals surface area (Å²) in [5, 5.41) is 22.4. The maximum absolute atomic E-state index is 12.5. The minimum absolute atomic E-state index is 0.129. The highest BCUT2D eigenvalue weighted by Crippen LogP contribution is 2.39. The van der Waals surface area contributed by atoms with Crippen LogP contribution in [-0.2, 0) is 31.1 Å². The lowest BCUT2D eigenvalue weighted by atomic mass is 9.89. The molecular formula is C22H23N5OS2. The zero-order valence-electron chi connectivity index (χ0n) is 17.0. The molecule has 0 spiro atoms. The summed E-state index contributed by atoms with van der Waals surface area (Å²) in [6.07, 6.45) is 3.70. The molecule has 2 heterocycles. The molecule has 0 radical (unpaired) electrons.